The minimum absolute atomic E-state index is 0.0840. The van der Waals surface area contributed by atoms with E-state index in [1.807, 2.05) is 72.8 Å². The first-order valence-electron chi connectivity index (χ1n) is 8.93. The summed E-state index contributed by atoms with van der Waals surface area (Å²) in [7, 11) is 3.29. The molecule has 1 amide bonds. The zero-order valence-electron chi connectivity index (χ0n) is 15.8. The van der Waals surface area contributed by atoms with Crippen molar-refractivity contribution in [3.63, 3.8) is 0 Å². The van der Waals surface area contributed by atoms with Gasteiger partial charge in [-0.05, 0) is 76.5 Å². The Balaban J connectivity index is 1.86. The van der Waals surface area contributed by atoms with Gasteiger partial charge in [-0.3, -0.25) is 4.79 Å². The molecule has 0 heterocycles. The van der Waals surface area contributed by atoms with E-state index in [0.717, 1.165) is 26.2 Å². The first-order valence-corrected chi connectivity index (χ1v) is 10.0. The second-order valence-electron chi connectivity index (χ2n) is 6.33. The van der Waals surface area contributed by atoms with Crippen molar-refractivity contribution in [2.24, 2.45) is 0 Å². The molecule has 0 aliphatic carbocycles. The van der Waals surface area contributed by atoms with Gasteiger partial charge in [-0.15, -0.1) is 0 Å². The summed E-state index contributed by atoms with van der Waals surface area (Å²) in [6.45, 7) is 0. The molecule has 0 saturated carbocycles. The predicted molar refractivity (Wildman–Crippen MR) is 119 cm³/mol. The van der Waals surface area contributed by atoms with Crippen LogP contribution in [0.25, 0.3) is 0 Å². The van der Waals surface area contributed by atoms with Gasteiger partial charge in [0.2, 0.25) is 0 Å². The van der Waals surface area contributed by atoms with Crippen LogP contribution in [-0.4, -0.2) is 20.1 Å². The smallest absolute Gasteiger partial charge is 0.252 e. The van der Waals surface area contributed by atoms with E-state index in [4.69, 9.17) is 9.47 Å². The molecule has 3 aromatic carbocycles. The third kappa shape index (κ3) is 5.04. The minimum atomic E-state index is -0.164. The maximum atomic E-state index is 12.9. The van der Waals surface area contributed by atoms with Crippen molar-refractivity contribution in [3.05, 3.63) is 93.1 Å². The SMILES string of the molecule is COc1ccc(CC(NC(=O)c2ccccc2I)c2ccc(OC)cc2)cc1. The van der Waals surface area contributed by atoms with E-state index in [-0.39, 0.29) is 11.9 Å². The molecule has 144 valence electrons. The van der Waals surface area contributed by atoms with Crippen LogP contribution in [0.2, 0.25) is 0 Å². The van der Waals surface area contributed by atoms with Gasteiger partial charge in [-0.2, -0.15) is 0 Å². The number of carbonyl (C=O) groups excluding carboxylic acids is 1. The molecule has 5 heteroatoms. The van der Waals surface area contributed by atoms with E-state index in [2.05, 4.69) is 27.9 Å². The number of rotatable bonds is 7. The number of amides is 1. The Morgan fingerprint density at radius 3 is 2.04 bits per heavy atom. The first kappa shape index (κ1) is 20.2. The summed E-state index contributed by atoms with van der Waals surface area (Å²) in [5.41, 5.74) is 2.82. The lowest BCUT2D eigenvalue weighted by atomic mass is 9.98. The van der Waals surface area contributed by atoms with Crippen molar-refractivity contribution in [3.8, 4) is 11.5 Å². The monoisotopic (exact) mass is 487 g/mol. The molecule has 0 radical (unpaired) electrons. The molecule has 0 aliphatic rings. The maximum Gasteiger partial charge on any atom is 0.252 e. The molecule has 0 fully saturated rings. The molecule has 3 aromatic rings. The van der Waals surface area contributed by atoms with Crippen LogP contribution in [0.15, 0.2) is 72.8 Å². The van der Waals surface area contributed by atoms with Crippen LogP contribution >= 0.6 is 22.6 Å². The zero-order chi connectivity index (χ0) is 19.9. The van der Waals surface area contributed by atoms with Gasteiger partial charge < -0.3 is 14.8 Å². The second kappa shape index (κ2) is 9.59. The topological polar surface area (TPSA) is 47.6 Å². The lowest BCUT2D eigenvalue weighted by Crippen LogP contribution is -2.30. The molecule has 0 spiro atoms. The average molecular weight is 487 g/mol. The van der Waals surface area contributed by atoms with Crippen molar-refractivity contribution in [2.45, 2.75) is 12.5 Å². The molecular weight excluding hydrogens is 465 g/mol. The van der Waals surface area contributed by atoms with Gasteiger partial charge in [-0.25, -0.2) is 0 Å². The van der Waals surface area contributed by atoms with Gasteiger partial charge in [-0.1, -0.05) is 36.4 Å². The highest BCUT2D eigenvalue weighted by atomic mass is 127. The lowest BCUT2D eigenvalue weighted by Gasteiger charge is -2.20. The highest BCUT2D eigenvalue weighted by Crippen LogP contribution is 2.24. The summed E-state index contributed by atoms with van der Waals surface area (Å²) in [4.78, 5) is 12.9. The van der Waals surface area contributed by atoms with Crippen LogP contribution in [0.4, 0.5) is 0 Å². The third-order valence-electron chi connectivity index (χ3n) is 4.54. The Morgan fingerprint density at radius 2 is 1.46 bits per heavy atom. The second-order valence-corrected chi connectivity index (χ2v) is 7.49. The van der Waals surface area contributed by atoms with Gasteiger partial charge >= 0.3 is 0 Å². The van der Waals surface area contributed by atoms with Crippen molar-refractivity contribution >= 4 is 28.5 Å². The van der Waals surface area contributed by atoms with E-state index in [1.165, 1.54) is 0 Å². The Morgan fingerprint density at radius 1 is 0.893 bits per heavy atom. The normalized spacial score (nSPS) is 11.5. The first-order chi connectivity index (χ1) is 13.6. The zero-order valence-corrected chi connectivity index (χ0v) is 18.0. The van der Waals surface area contributed by atoms with Crippen LogP contribution in [0.3, 0.4) is 0 Å². The molecule has 0 aliphatic heterocycles. The summed E-state index contributed by atoms with van der Waals surface area (Å²) < 4.78 is 11.4. The van der Waals surface area contributed by atoms with Crippen LogP contribution in [0, 0.1) is 3.57 Å². The molecule has 1 unspecified atom stereocenters. The molecule has 3 rings (SSSR count). The lowest BCUT2D eigenvalue weighted by molar-refractivity contribution is 0.0935. The van der Waals surface area contributed by atoms with Crippen LogP contribution < -0.4 is 14.8 Å². The van der Waals surface area contributed by atoms with Gasteiger partial charge in [0.15, 0.2) is 0 Å². The minimum Gasteiger partial charge on any atom is -0.497 e. The summed E-state index contributed by atoms with van der Waals surface area (Å²) in [6.07, 6.45) is 0.672. The maximum absolute atomic E-state index is 12.9. The number of benzene rings is 3. The van der Waals surface area contributed by atoms with Gasteiger partial charge in [0.1, 0.15) is 11.5 Å². The van der Waals surface area contributed by atoms with Crippen LogP contribution in [0.1, 0.15) is 27.5 Å². The van der Waals surface area contributed by atoms with Crippen LogP contribution in [-0.2, 0) is 6.42 Å². The van der Waals surface area contributed by atoms with E-state index >= 15 is 0 Å². The Labute approximate surface area is 179 Å². The number of carbonyl (C=O) groups is 1. The standard InChI is InChI=1S/C23H22INO3/c1-27-18-11-7-16(8-12-18)15-22(17-9-13-19(28-2)14-10-17)25-23(26)20-5-3-4-6-21(20)24/h3-14,22H,15H2,1-2H3,(H,25,26). The van der Waals surface area contributed by atoms with Gasteiger partial charge in [0.05, 0.1) is 25.8 Å². The Kier molecular flexibility index (Phi) is 6.92. The molecule has 4 nitrogen and oxygen atoms in total. The third-order valence-corrected chi connectivity index (χ3v) is 5.48. The van der Waals surface area contributed by atoms with Gasteiger partial charge in [0.25, 0.3) is 5.91 Å². The number of halogens is 1. The number of nitrogens with one attached hydrogen (secondary N) is 1. The van der Waals surface area contributed by atoms with Crippen molar-refractivity contribution in [2.75, 3.05) is 14.2 Å². The quantitative estimate of drug-likeness (QED) is 0.476. The average Bonchev–Trinajstić information content (AvgIpc) is 2.74. The number of hydrogen-bond acceptors (Lipinski definition) is 3. The Hall–Kier alpha value is -2.54. The number of hydrogen-bond donors (Lipinski definition) is 1. The fourth-order valence-electron chi connectivity index (χ4n) is 2.97. The highest BCUT2D eigenvalue weighted by Gasteiger charge is 2.18. The molecule has 0 saturated heterocycles. The molecular formula is C23H22INO3. The van der Waals surface area contributed by atoms with E-state index in [9.17, 15) is 4.79 Å². The fourth-order valence-corrected chi connectivity index (χ4v) is 3.60. The summed E-state index contributed by atoms with van der Waals surface area (Å²) in [6, 6.07) is 23.1. The fraction of sp³-hybridized carbons (Fsp3) is 0.174. The molecule has 0 aromatic heterocycles. The molecule has 0 bridgehead atoms. The Bertz CT molecular complexity index is 923. The number of ether oxygens (including phenoxy) is 2. The molecule has 1 N–H and O–H groups in total. The van der Waals surface area contributed by atoms with E-state index < -0.39 is 0 Å². The van der Waals surface area contributed by atoms with Crippen molar-refractivity contribution < 1.29 is 14.3 Å². The molecule has 1 atom stereocenters. The molecule has 28 heavy (non-hydrogen) atoms. The summed E-state index contributed by atoms with van der Waals surface area (Å²) in [5, 5.41) is 3.19. The van der Waals surface area contributed by atoms with Gasteiger partial charge in [0, 0.05) is 3.57 Å². The van der Waals surface area contributed by atoms with E-state index in [0.29, 0.717) is 12.0 Å². The largest absolute Gasteiger partial charge is 0.497 e. The number of methoxy groups -OCH3 is 2. The van der Waals surface area contributed by atoms with Crippen LogP contribution in [0.5, 0.6) is 11.5 Å². The summed E-state index contributed by atoms with van der Waals surface area (Å²) in [5.74, 6) is 1.52. The highest BCUT2D eigenvalue weighted by molar-refractivity contribution is 14.1. The van der Waals surface area contributed by atoms with Crippen molar-refractivity contribution in [1.29, 1.82) is 0 Å². The van der Waals surface area contributed by atoms with Crippen molar-refractivity contribution in [1.82, 2.24) is 5.32 Å². The predicted octanol–water partition coefficient (Wildman–Crippen LogP) is 5.02. The summed E-state index contributed by atoms with van der Waals surface area (Å²) >= 11 is 2.19. The van der Waals surface area contributed by atoms with E-state index in [1.54, 1.807) is 14.2 Å².